The van der Waals surface area contributed by atoms with Gasteiger partial charge in [0.2, 0.25) is 5.91 Å². The number of hydrogen-bond donors (Lipinski definition) is 1. The first-order valence-corrected chi connectivity index (χ1v) is 7.98. The SMILES string of the molecule is CCCCN(C)C(=NC)NCCN1CCN(C(C)=O)CC1.I. The number of halogens is 1. The summed E-state index contributed by atoms with van der Waals surface area (Å²) in [5, 5.41) is 3.41. The molecule has 0 bridgehead atoms. The molecule has 6 nitrogen and oxygen atoms in total. The molecule has 22 heavy (non-hydrogen) atoms. The van der Waals surface area contributed by atoms with Gasteiger partial charge in [0.05, 0.1) is 0 Å². The third kappa shape index (κ3) is 7.62. The van der Waals surface area contributed by atoms with Crippen LogP contribution in [0.2, 0.25) is 0 Å². The molecule has 0 aromatic heterocycles. The summed E-state index contributed by atoms with van der Waals surface area (Å²) in [4.78, 5) is 22.1. The van der Waals surface area contributed by atoms with E-state index in [1.807, 2.05) is 11.9 Å². The number of hydrogen-bond acceptors (Lipinski definition) is 3. The van der Waals surface area contributed by atoms with Crippen molar-refractivity contribution in [2.45, 2.75) is 26.7 Å². The third-order valence-corrected chi connectivity index (χ3v) is 3.95. The second kappa shape index (κ2) is 11.9. The number of amides is 1. The van der Waals surface area contributed by atoms with Gasteiger partial charge in [0.15, 0.2) is 5.96 Å². The molecule has 130 valence electrons. The van der Waals surface area contributed by atoms with Crippen LogP contribution in [0.25, 0.3) is 0 Å². The lowest BCUT2D eigenvalue weighted by Gasteiger charge is -2.34. The van der Waals surface area contributed by atoms with Crippen molar-refractivity contribution in [2.24, 2.45) is 4.99 Å². The zero-order chi connectivity index (χ0) is 15.7. The summed E-state index contributed by atoms with van der Waals surface area (Å²) >= 11 is 0. The third-order valence-electron chi connectivity index (χ3n) is 3.95. The monoisotopic (exact) mass is 425 g/mol. The number of nitrogens with one attached hydrogen (secondary N) is 1. The Morgan fingerprint density at radius 1 is 1.27 bits per heavy atom. The Labute approximate surface area is 152 Å². The van der Waals surface area contributed by atoms with Crippen molar-refractivity contribution in [3.05, 3.63) is 0 Å². The van der Waals surface area contributed by atoms with Crippen LogP contribution in [0.15, 0.2) is 4.99 Å². The van der Waals surface area contributed by atoms with Crippen LogP contribution >= 0.6 is 24.0 Å². The molecular weight excluding hydrogens is 393 g/mol. The molecular formula is C15H32IN5O. The van der Waals surface area contributed by atoms with Gasteiger partial charge in [0.1, 0.15) is 0 Å². The number of rotatable bonds is 6. The average molecular weight is 425 g/mol. The van der Waals surface area contributed by atoms with E-state index in [2.05, 4.69) is 34.1 Å². The maximum absolute atomic E-state index is 11.3. The normalized spacial score (nSPS) is 16.2. The first-order chi connectivity index (χ1) is 10.1. The summed E-state index contributed by atoms with van der Waals surface area (Å²) in [6.07, 6.45) is 2.38. The number of nitrogens with zero attached hydrogens (tertiary/aromatic N) is 4. The van der Waals surface area contributed by atoms with Gasteiger partial charge in [-0.2, -0.15) is 0 Å². The summed E-state index contributed by atoms with van der Waals surface area (Å²) in [6, 6.07) is 0. The molecule has 7 heteroatoms. The van der Waals surface area contributed by atoms with Gasteiger partial charge >= 0.3 is 0 Å². The van der Waals surface area contributed by atoms with E-state index in [0.717, 1.165) is 51.8 Å². The molecule has 1 aliphatic heterocycles. The number of guanidine groups is 1. The molecule has 0 aliphatic carbocycles. The molecule has 0 radical (unpaired) electrons. The highest BCUT2D eigenvalue weighted by Gasteiger charge is 2.18. The molecule has 0 aromatic rings. The fourth-order valence-corrected chi connectivity index (χ4v) is 2.50. The summed E-state index contributed by atoms with van der Waals surface area (Å²) < 4.78 is 0. The second-order valence-electron chi connectivity index (χ2n) is 5.60. The van der Waals surface area contributed by atoms with E-state index in [-0.39, 0.29) is 29.9 Å². The fraction of sp³-hybridized carbons (Fsp3) is 0.867. The highest BCUT2D eigenvalue weighted by molar-refractivity contribution is 14.0. The highest BCUT2D eigenvalue weighted by atomic mass is 127. The Morgan fingerprint density at radius 3 is 2.41 bits per heavy atom. The fourth-order valence-electron chi connectivity index (χ4n) is 2.50. The molecule has 1 heterocycles. The molecule has 0 aromatic carbocycles. The molecule has 1 rings (SSSR count). The average Bonchev–Trinajstić information content (AvgIpc) is 2.49. The lowest BCUT2D eigenvalue weighted by atomic mass is 10.3. The smallest absolute Gasteiger partial charge is 0.219 e. The number of piperazine rings is 1. The zero-order valence-electron chi connectivity index (χ0n) is 14.5. The van der Waals surface area contributed by atoms with Crippen LogP contribution in [0.1, 0.15) is 26.7 Å². The Balaban J connectivity index is 0.00000441. The van der Waals surface area contributed by atoms with Crippen molar-refractivity contribution in [3.8, 4) is 0 Å². The van der Waals surface area contributed by atoms with Gasteiger partial charge in [0.25, 0.3) is 0 Å². The molecule has 0 saturated carbocycles. The van der Waals surface area contributed by atoms with E-state index in [1.165, 1.54) is 12.8 Å². The van der Waals surface area contributed by atoms with E-state index >= 15 is 0 Å². The van der Waals surface area contributed by atoms with Gasteiger partial charge in [-0.3, -0.25) is 14.7 Å². The van der Waals surface area contributed by atoms with Crippen LogP contribution in [0, 0.1) is 0 Å². The molecule has 1 N–H and O–H groups in total. The van der Waals surface area contributed by atoms with Crippen LogP contribution in [0.5, 0.6) is 0 Å². The van der Waals surface area contributed by atoms with E-state index in [9.17, 15) is 4.79 Å². The van der Waals surface area contributed by atoms with Crippen molar-refractivity contribution in [1.29, 1.82) is 0 Å². The van der Waals surface area contributed by atoms with Gasteiger partial charge in [0, 0.05) is 66.8 Å². The minimum atomic E-state index is 0. The van der Waals surface area contributed by atoms with Crippen molar-refractivity contribution < 1.29 is 4.79 Å². The molecule has 1 aliphatic rings. The largest absolute Gasteiger partial charge is 0.355 e. The summed E-state index contributed by atoms with van der Waals surface area (Å²) in [7, 11) is 3.91. The molecule has 1 saturated heterocycles. The lowest BCUT2D eigenvalue weighted by Crippen LogP contribution is -2.50. The van der Waals surface area contributed by atoms with Gasteiger partial charge in [-0.15, -0.1) is 24.0 Å². The van der Waals surface area contributed by atoms with E-state index in [1.54, 1.807) is 6.92 Å². The molecule has 0 unspecified atom stereocenters. The number of carbonyl (C=O) groups is 1. The summed E-state index contributed by atoms with van der Waals surface area (Å²) in [6.45, 7) is 10.4. The first kappa shape index (κ1) is 21.4. The van der Waals surface area contributed by atoms with Gasteiger partial charge in [-0.25, -0.2) is 0 Å². The van der Waals surface area contributed by atoms with Crippen LogP contribution in [0.4, 0.5) is 0 Å². The Hall–Kier alpha value is -0.570. The number of carbonyl (C=O) groups excluding carboxylic acids is 1. The zero-order valence-corrected chi connectivity index (χ0v) is 16.8. The minimum Gasteiger partial charge on any atom is -0.355 e. The lowest BCUT2D eigenvalue weighted by molar-refractivity contribution is -0.130. The second-order valence-corrected chi connectivity index (χ2v) is 5.60. The molecule has 0 atom stereocenters. The van der Waals surface area contributed by atoms with E-state index < -0.39 is 0 Å². The Kier molecular flexibility index (Phi) is 11.6. The van der Waals surface area contributed by atoms with Gasteiger partial charge < -0.3 is 15.1 Å². The topological polar surface area (TPSA) is 51.2 Å². The Morgan fingerprint density at radius 2 is 1.91 bits per heavy atom. The standard InChI is InChI=1S/C15H31N5O.HI/c1-5-6-8-18(4)15(16-3)17-7-9-19-10-12-20(13-11-19)14(2)21;/h5-13H2,1-4H3,(H,16,17);1H. The van der Waals surface area contributed by atoms with Crippen LogP contribution < -0.4 is 5.32 Å². The van der Waals surface area contributed by atoms with Gasteiger partial charge in [-0.1, -0.05) is 13.3 Å². The van der Waals surface area contributed by atoms with E-state index in [4.69, 9.17) is 0 Å². The van der Waals surface area contributed by atoms with Gasteiger partial charge in [-0.05, 0) is 6.42 Å². The van der Waals surface area contributed by atoms with Crippen molar-refractivity contribution >= 4 is 35.8 Å². The predicted molar refractivity (Wildman–Crippen MR) is 103 cm³/mol. The maximum atomic E-state index is 11.3. The summed E-state index contributed by atoms with van der Waals surface area (Å²) in [5.41, 5.74) is 0. The molecule has 1 amide bonds. The molecule has 1 fully saturated rings. The predicted octanol–water partition coefficient (Wildman–Crippen LogP) is 1.08. The number of aliphatic imine (C=N–C) groups is 1. The highest BCUT2D eigenvalue weighted by Crippen LogP contribution is 2.01. The van der Waals surface area contributed by atoms with Crippen molar-refractivity contribution in [1.82, 2.24) is 20.0 Å². The quantitative estimate of drug-likeness (QED) is 0.393. The molecule has 0 spiro atoms. The van der Waals surface area contributed by atoms with Crippen LogP contribution in [0.3, 0.4) is 0 Å². The van der Waals surface area contributed by atoms with Crippen molar-refractivity contribution in [2.75, 3.05) is 59.9 Å². The number of unbranched alkanes of at least 4 members (excludes halogenated alkanes) is 1. The Bertz CT molecular complexity index is 343. The maximum Gasteiger partial charge on any atom is 0.219 e. The first-order valence-electron chi connectivity index (χ1n) is 7.98. The van der Waals surface area contributed by atoms with E-state index in [0.29, 0.717) is 0 Å². The van der Waals surface area contributed by atoms with Crippen LogP contribution in [-0.2, 0) is 4.79 Å². The van der Waals surface area contributed by atoms with Crippen molar-refractivity contribution in [3.63, 3.8) is 0 Å². The summed E-state index contributed by atoms with van der Waals surface area (Å²) in [5.74, 6) is 1.15. The minimum absolute atomic E-state index is 0. The van der Waals surface area contributed by atoms with Crippen LogP contribution in [-0.4, -0.2) is 86.5 Å².